The predicted molar refractivity (Wildman–Crippen MR) is 63.6 cm³/mol. The molecular formula is C13H18FNO2. The van der Waals surface area contributed by atoms with Crippen molar-refractivity contribution >= 4 is 0 Å². The lowest BCUT2D eigenvalue weighted by molar-refractivity contribution is -0.0147. The molecule has 0 radical (unpaired) electrons. The van der Waals surface area contributed by atoms with E-state index in [0.29, 0.717) is 12.2 Å². The molecule has 0 amide bonds. The van der Waals surface area contributed by atoms with Crippen LogP contribution in [-0.2, 0) is 0 Å². The highest BCUT2D eigenvalue weighted by Gasteiger charge is 2.28. The van der Waals surface area contributed by atoms with Crippen LogP contribution in [0, 0.1) is 5.82 Å². The molecule has 2 rings (SSSR count). The van der Waals surface area contributed by atoms with Gasteiger partial charge in [0.15, 0.2) is 0 Å². The summed E-state index contributed by atoms with van der Waals surface area (Å²) in [5, 5.41) is 13.6. The van der Waals surface area contributed by atoms with Crippen molar-refractivity contribution in [2.75, 3.05) is 19.7 Å². The SMILES string of the molecule is O[C@@]1(COc2ccc(F)cc2)CCCNCC1. The van der Waals surface area contributed by atoms with Gasteiger partial charge in [0.2, 0.25) is 0 Å². The molecule has 2 N–H and O–H groups in total. The van der Waals surface area contributed by atoms with Crippen LogP contribution >= 0.6 is 0 Å². The number of benzene rings is 1. The fraction of sp³-hybridized carbons (Fsp3) is 0.538. The van der Waals surface area contributed by atoms with Gasteiger partial charge >= 0.3 is 0 Å². The second-order valence-corrected chi connectivity index (χ2v) is 4.57. The Morgan fingerprint density at radius 1 is 1.24 bits per heavy atom. The Bertz CT molecular complexity index is 345. The molecule has 1 aliphatic rings. The molecule has 1 saturated heterocycles. The molecule has 1 fully saturated rings. The molecule has 0 aliphatic carbocycles. The average Bonchev–Trinajstić information content (AvgIpc) is 2.54. The maximum atomic E-state index is 12.7. The average molecular weight is 239 g/mol. The molecule has 1 aromatic rings. The van der Waals surface area contributed by atoms with Gasteiger partial charge in [0, 0.05) is 0 Å². The number of hydrogen-bond donors (Lipinski definition) is 2. The van der Waals surface area contributed by atoms with E-state index < -0.39 is 5.60 Å². The third-order valence-corrected chi connectivity index (χ3v) is 3.08. The first-order chi connectivity index (χ1) is 8.18. The van der Waals surface area contributed by atoms with Crippen LogP contribution in [0.15, 0.2) is 24.3 Å². The Balaban J connectivity index is 1.89. The number of rotatable bonds is 3. The molecule has 17 heavy (non-hydrogen) atoms. The minimum Gasteiger partial charge on any atom is -0.491 e. The van der Waals surface area contributed by atoms with Crippen molar-refractivity contribution < 1.29 is 14.2 Å². The van der Waals surface area contributed by atoms with Crippen LogP contribution in [0.1, 0.15) is 19.3 Å². The van der Waals surface area contributed by atoms with E-state index in [1.54, 1.807) is 12.1 Å². The number of halogens is 1. The fourth-order valence-electron chi connectivity index (χ4n) is 2.01. The van der Waals surface area contributed by atoms with Crippen LogP contribution < -0.4 is 10.1 Å². The van der Waals surface area contributed by atoms with E-state index in [1.807, 2.05) is 0 Å². The normalized spacial score (nSPS) is 25.3. The first-order valence-electron chi connectivity index (χ1n) is 5.99. The molecule has 0 unspecified atom stereocenters. The summed E-state index contributed by atoms with van der Waals surface area (Å²) < 4.78 is 18.2. The van der Waals surface area contributed by atoms with Gasteiger partial charge in [-0.3, -0.25) is 0 Å². The molecule has 94 valence electrons. The number of aliphatic hydroxyl groups is 1. The summed E-state index contributed by atoms with van der Waals surface area (Å²) in [5.74, 6) is 0.312. The zero-order chi connectivity index (χ0) is 12.1. The van der Waals surface area contributed by atoms with Gasteiger partial charge in [0.1, 0.15) is 18.2 Å². The molecule has 1 aromatic carbocycles. The topological polar surface area (TPSA) is 41.5 Å². The van der Waals surface area contributed by atoms with Crippen LogP contribution in [-0.4, -0.2) is 30.4 Å². The van der Waals surface area contributed by atoms with Gasteiger partial charge in [-0.05, 0) is 56.6 Å². The fourth-order valence-corrected chi connectivity index (χ4v) is 2.01. The molecule has 1 aliphatic heterocycles. The molecule has 3 nitrogen and oxygen atoms in total. The van der Waals surface area contributed by atoms with E-state index in [1.165, 1.54) is 12.1 Å². The number of nitrogens with one attached hydrogen (secondary N) is 1. The Morgan fingerprint density at radius 2 is 2.00 bits per heavy atom. The maximum Gasteiger partial charge on any atom is 0.123 e. The standard InChI is InChI=1S/C13H18FNO2/c14-11-2-4-12(5-3-11)17-10-13(16)6-1-8-15-9-7-13/h2-5,15-16H,1,6-10H2/t13-/m0/s1. The van der Waals surface area contributed by atoms with Gasteiger partial charge in [0.25, 0.3) is 0 Å². The summed E-state index contributed by atoms with van der Waals surface area (Å²) in [4.78, 5) is 0. The van der Waals surface area contributed by atoms with Crippen molar-refractivity contribution in [2.24, 2.45) is 0 Å². The van der Waals surface area contributed by atoms with Crippen LogP contribution in [0.3, 0.4) is 0 Å². The predicted octanol–water partition coefficient (Wildman–Crippen LogP) is 1.71. The Hall–Kier alpha value is -1.13. The third kappa shape index (κ3) is 3.68. The molecule has 0 bridgehead atoms. The number of ether oxygens (including phenoxy) is 1. The second-order valence-electron chi connectivity index (χ2n) is 4.57. The minimum atomic E-state index is -0.766. The van der Waals surface area contributed by atoms with E-state index >= 15 is 0 Å². The third-order valence-electron chi connectivity index (χ3n) is 3.08. The second kappa shape index (κ2) is 5.47. The first kappa shape index (κ1) is 12.3. The summed E-state index contributed by atoms with van der Waals surface area (Å²) in [6, 6.07) is 5.86. The molecule has 4 heteroatoms. The van der Waals surface area contributed by atoms with Crippen molar-refractivity contribution in [2.45, 2.75) is 24.9 Å². The molecule has 0 spiro atoms. The van der Waals surface area contributed by atoms with Gasteiger partial charge in [-0.1, -0.05) is 0 Å². The summed E-state index contributed by atoms with van der Waals surface area (Å²) in [6.07, 6.45) is 2.37. The molecule has 1 atom stereocenters. The monoisotopic (exact) mass is 239 g/mol. The van der Waals surface area contributed by atoms with Gasteiger partial charge in [-0.25, -0.2) is 4.39 Å². The molecule has 0 saturated carbocycles. The maximum absolute atomic E-state index is 12.7. The Morgan fingerprint density at radius 3 is 2.76 bits per heavy atom. The minimum absolute atomic E-state index is 0.264. The summed E-state index contributed by atoms with van der Waals surface area (Å²) in [6.45, 7) is 2.02. The quantitative estimate of drug-likeness (QED) is 0.843. The molecule has 0 aromatic heterocycles. The van der Waals surface area contributed by atoms with Crippen molar-refractivity contribution in [1.29, 1.82) is 0 Å². The molecule has 1 heterocycles. The smallest absolute Gasteiger partial charge is 0.123 e. The lowest BCUT2D eigenvalue weighted by Gasteiger charge is -2.26. The van der Waals surface area contributed by atoms with E-state index in [-0.39, 0.29) is 12.4 Å². The van der Waals surface area contributed by atoms with Gasteiger partial charge in [-0.2, -0.15) is 0 Å². The number of hydrogen-bond acceptors (Lipinski definition) is 3. The van der Waals surface area contributed by atoms with E-state index in [9.17, 15) is 9.50 Å². The van der Waals surface area contributed by atoms with Crippen molar-refractivity contribution in [1.82, 2.24) is 5.32 Å². The van der Waals surface area contributed by atoms with Crippen molar-refractivity contribution in [3.63, 3.8) is 0 Å². The highest BCUT2D eigenvalue weighted by atomic mass is 19.1. The van der Waals surface area contributed by atoms with Crippen LogP contribution in [0.4, 0.5) is 4.39 Å². The van der Waals surface area contributed by atoms with Crippen LogP contribution in [0.25, 0.3) is 0 Å². The van der Waals surface area contributed by atoms with E-state index in [2.05, 4.69) is 5.32 Å². The summed E-state index contributed by atoms with van der Waals surface area (Å²) >= 11 is 0. The van der Waals surface area contributed by atoms with Crippen LogP contribution in [0.2, 0.25) is 0 Å². The van der Waals surface area contributed by atoms with Gasteiger partial charge < -0.3 is 15.2 Å². The van der Waals surface area contributed by atoms with E-state index in [4.69, 9.17) is 4.74 Å². The van der Waals surface area contributed by atoms with Crippen LogP contribution in [0.5, 0.6) is 5.75 Å². The zero-order valence-corrected chi connectivity index (χ0v) is 9.79. The highest BCUT2D eigenvalue weighted by Crippen LogP contribution is 2.21. The van der Waals surface area contributed by atoms with Crippen molar-refractivity contribution in [3.05, 3.63) is 30.1 Å². The first-order valence-corrected chi connectivity index (χ1v) is 5.99. The summed E-state index contributed by atoms with van der Waals surface area (Å²) in [7, 11) is 0. The Labute approximate surface area is 101 Å². The largest absolute Gasteiger partial charge is 0.491 e. The molecular weight excluding hydrogens is 221 g/mol. The van der Waals surface area contributed by atoms with E-state index in [0.717, 1.165) is 25.9 Å². The lowest BCUT2D eigenvalue weighted by atomic mass is 9.96. The summed E-state index contributed by atoms with van der Waals surface area (Å²) in [5.41, 5.74) is -0.766. The van der Waals surface area contributed by atoms with Gasteiger partial charge in [0.05, 0.1) is 5.60 Å². The highest BCUT2D eigenvalue weighted by molar-refractivity contribution is 5.22. The van der Waals surface area contributed by atoms with Gasteiger partial charge in [-0.15, -0.1) is 0 Å². The zero-order valence-electron chi connectivity index (χ0n) is 9.79. The Kier molecular flexibility index (Phi) is 3.97. The van der Waals surface area contributed by atoms with Crippen molar-refractivity contribution in [3.8, 4) is 5.75 Å². The lowest BCUT2D eigenvalue weighted by Crippen LogP contribution is -2.36.